The summed E-state index contributed by atoms with van der Waals surface area (Å²) in [6, 6.07) is 1.70. The summed E-state index contributed by atoms with van der Waals surface area (Å²) in [4.78, 5) is 19.9. The first kappa shape index (κ1) is 20.4. The lowest BCUT2D eigenvalue weighted by molar-refractivity contribution is -0.213. The van der Waals surface area contributed by atoms with Gasteiger partial charge in [0, 0.05) is 12.5 Å². The SMILES string of the molecule is CC(C)(CC(=O)Nc1nc2ccc(C(F)(F)F)nc2n1C1CCC1)C(F)(F)F. The molecule has 0 aromatic carbocycles. The van der Waals surface area contributed by atoms with Gasteiger partial charge in [0.1, 0.15) is 11.2 Å². The zero-order chi connectivity index (χ0) is 20.9. The minimum atomic E-state index is -4.65. The Bertz CT molecular complexity index is 895. The maximum atomic E-state index is 13.0. The minimum absolute atomic E-state index is 0.0510. The first-order chi connectivity index (χ1) is 12.8. The van der Waals surface area contributed by atoms with Gasteiger partial charge in [0.05, 0.1) is 5.41 Å². The lowest BCUT2D eigenvalue weighted by Gasteiger charge is -2.29. The fourth-order valence-corrected chi connectivity index (χ4v) is 2.88. The highest BCUT2D eigenvalue weighted by molar-refractivity contribution is 5.91. The topological polar surface area (TPSA) is 59.8 Å². The minimum Gasteiger partial charge on any atom is -0.296 e. The van der Waals surface area contributed by atoms with Gasteiger partial charge in [0.2, 0.25) is 11.9 Å². The van der Waals surface area contributed by atoms with Gasteiger partial charge in [0.25, 0.3) is 0 Å². The number of hydrogen-bond donors (Lipinski definition) is 1. The van der Waals surface area contributed by atoms with E-state index in [0.717, 1.165) is 32.4 Å². The summed E-state index contributed by atoms with van der Waals surface area (Å²) >= 11 is 0. The van der Waals surface area contributed by atoms with Gasteiger partial charge < -0.3 is 0 Å². The summed E-state index contributed by atoms with van der Waals surface area (Å²) in [6.07, 6.45) is -7.92. The second-order valence-corrected chi connectivity index (χ2v) is 7.53. The molecule has 0 unspecified atom stereocenters. The van der Waals surface area contributed by atoms with Crippen molar-refractivity contribution in [1.29, 1.82) is 0 Å². The summed E-state index contributed by atoms with van der Waals surface area (Å²) in [6.45, 7) is 1.80. The third-order valence-electron chi connectivity index (χ3n) is 4.89. The number of anilines is 1. The number of hydrogen-bond acceptors (Lipinski definition) is 3. The van der Waals surface area contributed by atoms with Crippen molar-refractivity contribution in [3.63, 3.8) is 0 Å². The van der Waals surface area contributed by atoms with Gasteiger partial charge >= 0.3 is 12.4 Å². The number of amides is 1. The summed E-state index contributed by atoms with van der Waals surface area (Å²) in [5.41, 5.74) is -3.28. The molecule has 154 valence electrons. The summed E-state index contributed by atoms with van der Waals surface area (Å²) < 4.78 is 79.4. The van der Waals surface area contributed by atoms with E-state index < -0.39 is 35.8 Å². The molecule has 0 atom stereocenters. The van der Waals surface area contributed by atoms with Gasteiger partial charge in [-0.2, -0.15) is 26.3 Å². The summed E-state index contributed by atoms with van der Waals surface area (Å²) in [5, 5.41) is 2.33. The number of rotatable bonds is 4. The molecule has 5 nitrogen and oxygen atoms in total. The van der Waals surface area contributed by atoms with Crippen LogP contribution in [0.15, 0.2) is 12.1 Å². The van der Waals surface area contributed by atoms with Crippen molar-refractivity contribution < 1.29 is 31.1 Å². The van der Waals surface area contributed by atoms with Crippen molar-refractivity contribution in [2.75, 3.05) is 5.32 Å². The molecule has 2 heterocycles. The number of imidazole rings is 1. The van der Waals surface area contributed by atoms with E-state index >= 15 is 0 Å². The van der Waals surface area contributed by atoms with Crippen LogP contribution in [-0.2, 0) is 11.0 Å². The summed E-state index contributed by atoms with van der Waals surface area (Å²) in [7, 11) is 0. The van der Waals surface area contributed by atoms with Gasteiger partial charge in [-0.1, -0.05) is 13.8 Å². The molecule has 1 saturated carbocycles. The van der Waals surface area contributed by atoms with Crippen molar-refractivity contribution in [3.05, 3.63) is 17.8 Å². The second kappa shape index (κ2) is 6.63. The Morgan fingerprint density at radius 3 is 2.29 bits per heavy atom. The van der Waals surface area contributed by atoms with E-state index in [1.54, 1.807) is 0 Å². The van der Waals surface area contributed by atoms with Gasteiger partial charge in [-0.15, -0.1) is 0 Å². The van der Waals surface area contributed by atoms with Crippen LogP contribution < -0.4 is 5.32 Å². The zero-order valence-electron chi connectivity index (χ0n) is 15.1. The Morgan fingerprint density at radius 1 is 1.14 bits per heavy atom. The normalized spacial score (nSPS) is 16.3. The molecule has 1 aliphatic rings. The van der Waals surface area contributed by atoms with Crippen LogP contribution in [-0.4, -0.2) is 26.6 Å². The maximum Gasteiger partial charge on any atom is 0.433 e. The van der Waals surface area contributed by atoms with Crippen LogP contribution >= 0.6 is 0 Å². The third kappa shape index (κ3) is 3.79. The van der Waals surface area contributed by atoms with E-state index in [1.165, 1.54) is 4.57 Å². The molecule has 28 heavy (non-hydrogen) atoms. The number of carbonyl (C=O) groups is 1. The van der Waals surface area contributed by atoms with Gasteiger partial charge in [0.15, 0.2) is 5.65 Å². The molecule has 1 amide bonds. The van der Waals surface area contributed by atoms with E-state index in [1.807, 2.05) is 0 Å². The predicted molar refractivity (Wildman–Crippen MR) is 88.5 cm³/mol. The number of nitrogens with zero attached hydrogens (tertiary/aromatic N) is 3. The molecule has 0 spiro atoms. The Hall–Kier alpha value is -2.33. The molecule has 1 aliphatic carbocycles. The highest BCUT2D eigenvalue weighted by Crippen LogP contribution is 2.41. The molecule has 0 aliphatic heterocycles. The highest BCUT2D eigenvalue weighted by atomic mass is 19.4. The Kier molecular flexibility index (Phi) is 4.83. The monoisotopic (exact) mass is 408 g/mol. The van der Waals surface area contributed by atoms with Crippen LogP contribution in [0.5, 0.6) is 0 Å². The number of fused-ring (bicyclic) bond motifs is 1. The first-order valence-electron chi connectivity index (χ1n) is 8.62. The Morgan fingerprint density at radius 2 is 1.79 bits per heavy atom. The quantitative estimate of drug-likeness (QED) is 0.717. The van der Waals surface area contributed by atoms with E-state index in [9.17, 15) is 31.1 Å². The molecular weight excluding hydrogens is 390 g/mol. The summed E-state index contributed by atoms with van der Waals surface area (Å²) in [5.74, 6) is -1.01. The predicted octanol–water partition coefficient (Wildman–Crippen LogP) is 5.09. The van der Waals surface area contributed by atoms with Crippen molar-refractivity contribution in [1.82, 2.24) is 14.5 Å². The molecule has 0 saturated heterocycles. The molecule has 1 fully saturated rings. The van der Waals surface area contributed by atoms with Crippen molar-refractivity contribution in [2.45, 2.75) is 57.9 Å². The van der Waals surface area contributed by atoms with Gasteiger partial charge in [-0.05, 0) is 31.4 Å². The zero-order valence-corrected chi connectivity index (χ0v) is 15.1. The molecule has 11 heteroatoms. The van der Waals surface area contributed by atoms with E-state index in [0.29, 0.717) is 12.8 Å². The Balaban J connectivity index is 1.95. The van der Waals surface area contributed by atoms with E-state index in [4.69, 9.17) is 0 Å². The number of nitrogens with one attached hydrogen (secondary N) is 1. The fraction of sp³-hybridized carbons (Fsp3) is 0.588. The van der Waals surface area contributed by atoms with Crippen LogP contribution in [0.1, 0.15) is 51.3 Å². The van der Waals surface area contributed by atoms with Gasteiger partial charge in [-0.3, -0.25) is 14.7 Å². The smallest absolute Gasteiger partial charge is 0.296 e. The second-order valence-electron chi connectivity index (χ2n) is 7.53. The van der Waals surface area contributed by atoms with Crippen molar-refractivity contribution >= 4 is 23.0 Å². The first-order valence-corrected chi connectivity index (χ1v) is 8.62. The van der Waals surface area contributed by atoms with Gasteiger partial charge in [-0.25, -0.2) is 9.97 Å². The van der Waals surface area contributed by atoms with E-state index in [-0.39, 0.29) is 23.2 Å². The molecule has 1 N–H and O–H groups in total. The number of aromatic nitrogens is 3. The van der Waals surface area contributed by atoms with Crippen LogP contribution in [0.3, 0.4) is 0 Å². The van der Waals surface area contributed by atoms with Crippen molar-refractivity contribution in [3.8, 4) is 0 Å². The van der Waals surface area contributed by atoms with Crippen molar-refractivity contribution in [2.24, 2.45) is 5.41 Å². The average molecular weight is 408 g/mol. The third-order valence-corrected chi connectivity index (χ3v) is 4.89. The number of carbonyl (C=O) groups excluding carboxylic acids is 1. The van der Waals surface area contributed by atoms with Crippen LogP contribution in [0, 0.1) is 5.41 Å². The average Bonchev–Trinajstić information content (AvgIpc) is 2.80. The molecule has 3 rings (SSSR count). The number of pyridine rings is 1. The standard InChI is InChI=1S/C17H18F6N4O/c1-15(2,17(21,22)23)8-12(28)26-14-24-10-6-7-11(16(18,19)20)25-13(10)27(14)9-4-3-5-9/h6-7,9H,3-5,8H2,1-2H3,(H,24,26,28). The molecule has 0 radical (unpaired) electrons. The highest BCUT2D eigenvalue weighted by Gasteiger charge is 2.48. The Labute approximate surface area is 156 Å². The molecule has 2 aromatic rings. The molecular formula is C17H18F6N4O. The van der Waals surface area contributed by atoms with Crippen LogP contribution in [0.2, 0.25) is 0 Å². The fourth-order valence-electron chi connectivity index (χ4n) is 2.88. The van der Waals surface area contributed by atoms with Crippen LogP contribution in [0.4, 0.5) is 32.3 Å². The lowest BCUT2D eigenvalue weighted by atomic mass is 9.88. The van der Waals surface area contributed by atoms with E-state index in [2.05, 4.69) is 15.3 Å². The lowest BCUT2D eigenvalue weighted by Crippen LogP contribution is -2.36. The largest absolute Gasteiger partial charge is 0.433 e. The maximum absolute atomic E-state index is 13.0. The van der Waals surface area contributed by atoms with Crippen LogP contribution in [0.25, 0.3) is 11.2 Å². The number of alkyl halides is 6. The number of halogens is 6. The molecule has 2 aromatic heterocycles. The molecule has 0 bridgehead atoms.